The number of hydrogen-bond acceptors (Lipinski definition) is 8. The molecule has 0 saturated heterocycles. The molecule has 0 bridgehead atoms. The average Bonchev–Trinajstić information content (AvgIpc) is 2.96. The molecule has 2 heterocycles. The molecule has 5 rings (SSSR count). The fourth-order valence-corrected chi connectivity index (χ4v) is 5.09. The molecule has 2 aromatic carbocycles. The standard InChI is InChI=1S/C30H32N8O2/c31-23-10-3-1-6-19(23)17-29(39)33-27-14-12-25(35-37-27)21-8-5-9-22(16-21)26-13-15-28(38-36-26)34-30(40)18-20-7-2-4-11-24(20)32/h1-4,6-7,10-15,21-22H,5,8-9,16-18,31-32H2,(H,33,37,39)(H,34,38,40). The first-order valence-electron chi connectivity index (χ1n) is 13.4. The Labute approximate surface area is 232 Å². The monoisotopic (exact) mass is 536 g/mol. The lowest BCUT2D eigenvalue weighted by Crippen LogP contribution is -2.19. The molecular weight excluding hydrogens is 504 g/mol. The van der Waals surface area contributed by atoms with Crippen LogP contribution >= 0.6 is 0 Å². The Bertz CT molecular complexity index is 1360. The minimum atomic E-state index is -0.194. The lowest BCUT2D eigenvalue weighted by Gasteiger charge is -2.28. The van der Waals surface area contributed by atoms with Crippen LogP contribution in [0.25, 0.3) is 0 Å². The largest absolute Gasteiger partial charge is 0.398 e. The Morgan fingerprint density at radius 1 is 0.650 bits per heavy atom. The molecule has 1 fully saturated rings. The summed E-state index contributed by atoms with van der Waals surface area (Å²) in [6.07, 6.45) is 4.27. The third-order valence-electron chi connectivity index (χ3n) is 7.23. The van der Waals surface area contributed by atoms with Crippen LogP contribution in [0.3, 0.4) is 0 Å². The fraction of sp³-hybridized carbons (Fsp3) is 0.267. The molecule has 204 valence electrons. The number of anilines is 4. The van der Waals surface area contributed by atoms with Crippen molar-refractivity contribution in [3.63, 3.8) is 0 Å². The van der Waals surface area contributed by atoms with Gasteiger partial charge in [0.05, 0.1) is 24.2 Å². The van der Waals surface area contributed by atoms with Crippen molar-refractivity contribution in [2.75, 3.05) is 22.1 Å². The van der Waals surface area contributed by atoms with Crippen LogP contribution in [0.5, 0.6) is 0 Å². The Morgan fingerprint density at radius 2 is 1.10 bits per heavy atom. The van der Waals surface area contributed by atoms with Gasteiger partial charge < -0.3 is 22.1 Å². The molecule has 0 spiro atoms. The van der Waals surface area contributed by atoms with Crippen molar-refractivity contribution in [1.82, 2.24) is 20.4 Å². The smallest absolute Gasteiger partial charge is 0.230 e. The molecule has 10 heteroatoms. The first kappa shape index (κ1) is 26.7. The molecule has 4 aromatic rings. The van der Waals surface area contributed by atoms with E-state index in [1.807, 2.05) is 48.5 Å². The summed E-state index contributed by atoms with van der Waals surface area (Å²) < 4.78 is 0. The summed E-state index contributed by atoms with van der Waals surface area (Å²) >= 11 is 0. The van der Waals surface area contributed by atoms with Crippen molar-refractivity contribution in [2.45, 2.75) is 50.4 Å². The van der Waals surface area contributed by atoms with Crippen molar-refractivity contribution in [2.24, 2.45) is 0 Å². The minimum Gasteiger partial charge on any atom is -0.398 e. The van der Waals surface area contributed by atoms with Crippen LogP contribution < -0.4 is 22.1 Å². The summed E-state index contributed by atoms with van der Waals surface area (Å²) in [5.41, 5.74) is 16.4. The average molecular weight is 537 g/mol. The maximum absolute atomic E-state index is 12.4. The summed E-state index contributed by atoms with van der Waals surface area (Å²) in [6.45, 7) is 0. The number of para-hydroxylation sites is 2. The maximum atomic E-state index is 12.4. The number of nitrogen functional groups attached to an aromatic ring is 2. The number of carbonyl (C=O) groups is 2. The lowest BCUT2D eigenvalue weighted by atomic mass is 9.78. The number of hydrogen-bond donors (Lipinski definition) is 4. The molecule has 10 nitrogen and oxygen atoms in total. The van der Waals surface area contributed by atoms with E-state index in [2.05, 4.69) is 31.0 Å². The van der Waals surface area contributed by atoms with Gasteiger partial charge in [-0.2, -0.15) is 10.2 Å². The van der Waals surface area contributed by atoms with Gasteiger partial charge in [-0.1, -0.05) is 42.8 Å². The second kappa shape index (κ2) is 12.3. The van der Waals surface area contributed by atoms with Crippen molar-refractivity contribution in [3.05, 3.63) is 95.3 Å². The van der Waals surface area contributed by atoms with Gasteiger partial charge in [-0.05, 0) is 66.8 Å². The number of nitrogens with zero attached hydrogens (tertiary/aromatic N) is 4. The zero-order chi connectivity index (χ0) is 27.9. The molecule has 0 aliphatic heterocycles. The van der Waals surface area contributed by atoms with E-state index in [4.69, 9.17) is 11.5 Å². The zero-order valence-corrected chi connectivity index (χ0v) is 22.1. The summed E-state index contributed by atoms with van der Waals surface area (Å²) in [6, 6.07) is 22.0. The summed E-state index contributed by atoms with van der Waals surface area (Å²) in [7, 11) is 0. The SMILES string of the molecule is Nc1ccccc1CC(=O)Nc1ccc(C2CCCC(c3ccc(NC(=O)Cc4ccccc4N)nn3)C2)nn1. The Morgan fingerprint density at radius 3 is 1.50 bits per heavy atom. The number of aromatic nitrogens is 4. The van der Waals surface area contributed by atoms with E-state index >= 15 is 0 Å². The van der Waals surface area contributed by atoms with Gasteiger partial charge >= 0.3 is 0 Å². The molecule has 6 N–H and O–H groups in total. The normalized spacial score (nSPS) is 16.7. The maximum Gasteiger partial charge on any atom is 0.230 e. The number of rotatable bonds is 8. The van der Waals surface area contributed by atoms with Gasteiger partial charge in [-0.3, -0.25) is 9.59 Å². The quantitative estimate of drug-likeness (QED) is 0.243. The highest BCUT2D eigenvalue weighted by molar-refractivity contribution is 5.92. The van der Waals surface area contributed by atoms with Crippen molar-refractivity contribution in [1.29, 1.82) is 0 Å². The molecule has 40 heavy (non-hydrogen) atoms. The van der Waals surface area contributed by atoms with Crippen molar-refractivity contribution < 1.29 is 9.59 Å². The Balaban J connectivity index is 1.15. The Kier molecular flexibility index (Phi) is 8.24. The van der Waals surface area contributed by atoms with Gasteiger partial charge in [0, 0.05) is 23.2 Å². The van der Waals surface area contributed by atoms with Gasteiger partial charge in [0.15, 0.2) is 11.6 Å². The number of amides is 2. The summed E-state index contributed by atoms with van der Waals surface area (Å²) in [5.74, 6) is 0.901. The predicted molar refractivity (Wildman–Crippen MR) is 154 cm³/mol. The van der Waals surface area contributed by atoms with Crippen LogP contribution in [0.15, 0.2) is 72.8 Å². The van der Waals surface area contributed by atoms with E-state index < -0.39 is 0 Å². The Hall–Kier alpha value is -4.86. The lowest BCUT2D eigenvalue weighted by molar-refractivity contribution is -0.116. The molecule has 2 unspecified atom stereocenters. The van der Waals surface area contributed by atoms with Gasteiger partial charge in [-0.15, -0.1) is 10.2 Å². The van der Waals surface area contributed by atoms with E-state index in [1.165, 1.54) is 0 Å². The summed E-state index contributed by atoms with van der Waals surface area (Å²) in [5, 5.41) is 22.9. The topological polar surface area (TPSA) is 162 Å². The number of nitrogens with one attached hydrogen (secondary N) is 2. The van der Waals surface area contributed by atoms with E-state index in [1.54, 1.807) is 24.3 Å². The highest BCUT2D eigenvalue weighted by atomic mass is 16.2. The highest BCUT2D eigenvalue weighted by Gasteiger charge is 2.27. The third kappa shape index (κ3) is 6.76. The van der Waals surface area contributed by atoms with Crippen molar-refractivity contribution >= 4 is 34.8 Å². The highest BCUT2D eigenvalue weighted by Crippen LogP contribution is 2.40. The van der Waals surface area contributed by atoms with E-state index in [0.29, 0.717) is 23.0 Å². The van der Waals surface area contributed by atoms with Gasteiger partial charge in [0.25, 0.3) is 0 Å². The van der Waals surface area contributed by atoms with Crippen LogP contribution in [0.2, 0.25) is 0 Å². The molecule has 2 aromatic heterocycles. The predicted octanol–water partition coefficient (Wildman–Crippen LogP) is 4.23. The van der Waals surface area contributed by atoms with Gasteiger partial charge in [0.2, 0.25) is 11.8 Å². The number of carbonyl (C=O) groups excluding carboxylic acids is 2. The second-order valence-electron chi connectivity index (χ2n) is 10.1. The number of benzene rings is 2. The first-order valence-corrected chi connectivity index (χ1v) is 13.4. The van der Waals surface area contributed by atoms with Crippen LogP contribution in [-0.4, -0.2) is 32.2 Å². The molecule has 2 amide bonds. The molecule has 0 radical (unpaired) electrons. The van der Waals surface area contributed by atoms with Crippen LogP contribution in [0, 0.1) is 0 Å². The number of nitrogens with two attached hydrogens (primary N) is 2. The minimum absolute atomic E-state index is 0.172. The van der Waals surface area contributed by atoms with Gasteiger partial charge in [-0.25, -0.2) is 0 Å². The zero-order valence-electron chi connectivity index (χ0n) is 22.1. The van der Waals surface area contributed by atoms with E-state index in [9.17, 15) is 9.59 Å². The molecule has 1 aliphatic carbocycles. The summed E-state index contributed by atoms with van der Waals surface area (Å²) in [4.78, 5) is 24.8. The first-order chi connectivity index (χ1) is 19.4. The van der Waals surface area contributed by atoms with E-state index in [0.717, 1.165) is 48.2 Å². The van der Waals surface area contributed by atoms with Crippen LogP contribution in [0.4, 0.5) is 23.0 Å². The van der Waals surface area contributed by atoms with Crippen LogP contribution in [0.1, 0.15) is 60.0 Å². The van der Waals surface area contributed by atoms with Crippen molar-refractivity contribution in [3.8, 4) is 0 Å². The second-order valence-corrected chi connectivity index (χ2v) is 10.1. The third-order valence-corrected chi connectivity index (χ3v) is 7.23. The van der Waals surface area contributed by atoms with Crippen LogP contribution in [-0.2, 0) is 22.4 Å². The molecule has 2 atom stereocenters. The molecular formula is C30H32N8O2. The molecule has 1 aliphatic rings. The molecule has 1 saturated carbocycles. The van der Waals surface area contributed by atoms with E-state index in [-0.39, 0.29) is 36.5 Å². The van der Waals surface area contributed by atoms with Gasteiger partial charge in [0.1, 0.15) is 0 Å². The fourth-order valence-electron chi connectivity index (χ4n) is 5.09.